The van der Waals surface area contributed by atoms with Crippen LogP contribution in [0.4, 0.5) is 4.79 Å². The maximum atomic E-state index is 12.2. The number of ether oxygens (including phenoxy) is 3. The Hall–Kier alpha value is -2.90. The molecule has 0 heterocycles. The molecule has 0 aliphatic heterocycles. The molecule has 0 aliphatic carbocycles. The smallest absolute Gasteiger partial charge is 0.407 e. The molecule has 1 unspecified atom stereocenters. The van der Waals surface area contributed by atoms with Crippen LogP contribution < -0.4 is 5.32 Å². The quantitative estimate of drug-likeness (QED) is 0.414. The first-order valence-electron chi connectivity index (χ1n) is 8.89. The third-order valence-corrected chi connectivity index (χ3v) is 3.41. The second kappa shape index (κ2) is 11.1. The number of carbonyl (C=O) groups excluding carboxylic acids is 3. The predicted octanol–water partition coefficient (Wildman–Crippen LogP) is 2.65. The highest BCUT2D eigenvalue weighted by atomic mass is 16.6. The van der Waals surface area contributed by atoms with Gasteiger partial charge >= 0.3 is 18.0 Å². The van der Waals surface area contributed by atoms with Crippen molar-refractivity contribution < 1.29 is 28.6 Å². The molecule has 1 aromatic carbocycles. The minimum absolute atomic E-state index is 0.000608. The van der Waals surface area contributed by atoms with E-state index in [1.807, 2.05) is 30.3 Å². The molecule has 8 heteroatoms. The molecule has 0 saturated carbocycles. The number of hydrogen-bond acceptors (Lipinski definition) is 7. The van der Waals surface area contributed by atoms with Crippen molar-refractivity contribution in [2.45, 2.75) is 52.4 Å². The first-order valence-corrected chi connectivity index (χ1v) is 8.89. The Morgan fingerprint density at radius 2 is 1.79 bits per heavy atom. The topological polar surface area (TPSA) is 103 Å². The molecule has 0 saturated heterocycles. The molecule has 0 bridgehead atoms. The summed E-state index contributed by atoms with van der Waals surface area (Å²) >= 11 is 0. The highest BCUT2D eigenvalue weighted by Crippen LogP contribution is 2.08. The number of esters is 2. The van der Waals surface area contributed by atoms with Gasteiger partial charge in [0, 0.05) is 0 Å². The summed E-state index contributed by atoms with van der Waals surface area (Å²) in [6.45, 7) is 6.81. The molecular formula is C20H28N2O6. The molecular weight excluding hydrogens is 364 g/mol. The fraction of sp³-hybridized carbons (Fsp3) is 0.500. The number of methoxy groups -OCH3 is 1. The van der Waals surface area contributed by atoms with Crippen molar-refractivity contribution in [3.63, 3.8) is 0 Å². The molecule has 28 heavy (non-hydrogen) atoms. The summed E-state index contributed by atoms with van der Waals surface area (Å²) in [4.78, 5) is 39.8. The number of rotatable bonds is 8. The summed E-state index contributed by atoms with van der Waals surface area (Å²) in [5.74, 6) is -1.08. The van der Waals surface area contributed by atoms with Crippen LogP contribution in [0, 0.1) is 0 Å². The average molecular weight is 392 g/mol. The van der Waals surface area contributed by atoms with Crippen molar-refractivity contribution in [2.75, 3.05) is 13.7 Å². The Morgan fingerprint density at radius 1 is 1.14 bits per heavy atom. The van der Waals surface area contributed by atoms with Crippen LogP contribution in [0.3, 0.4) is 0 Å². The van der Waals surface area contributed by atoms with Gasteiger partial charge in [0.2, 0.25) is 0 Å². The van der Waals surface area contributed by atoms with Gasteiger partial charge in [-0.2, -0.15) is 0 Å². The number of nitrogens with zero attached hydrogens (tertiary/aromatic N) is 1. The van der Waals surface area contributed by atoms with E-state index < -0.39 is 29.7 Å². The lowest BCUT2D eigenvalue weighted by atomic mass is 10.2. The Bertz CT molecular complexity index is 694. The van der Waals surface area contributed by atoms with Gasteiger partial charge in [-0.05, 0) is 33.3 Å². The number of hydrogen-bond donors (Lipinski definition) is 1. The van der Waals surface area contributed by atoms with Gasteiger partial charge in [0.1, 0.15) is 17.9 Å². The van der Waals surface area contributed by atoms with Crippen LogP contribution in [-0.4, -0.2) is 49.0 Å². The molecule has 1 N–H and O–H groups in total. The summed E-state index contributed by atoms with van der Waals surface area (Å²) < 4.78 is 15.0. The molecule has 0 aliphatic rings. The fourth-order valence-electron chi connectivity index (χ4n) is 2.09. The zero-order chi connectivity index (χ0) is 21.2. The van der Waals surface area contributed by atoms with E-state index in [-0.39, 0.29) is 25.3 Å². The van der Waals surface area contributed by atoms with Crippen LogP contribution in [0.25, 0.3) is 0 Å². The average Bonchev–Trinajstić information content (AvgIpc) is 2.62. The normalized spacial score (nSPS) is 12.7. The second-order valence-corrected chi connectivity index (χ2v) is 7.11. The van der Waals surface area contributed by atoms with Gasteiger partial charge in [0.15, 0.2) is 0 Å². The number of carbonyl (C=O) groups is 3. The van der Waals surface area contributed by atoms with Crippen molar-refractivity contribution in [3.8, 4) is 0 Å². The Balaban J connectivity index is 2.71. The summed E-state index contributed by atoms with van der Waals surface area (Å²) in [5.41, 5.74) is 0.302. The number of nitrogens with one attached hydrogen (secondary N) is 1. The monoisotopic (exact) mass is 392 g/mol. The summed E-state index contributed by atoms with van der Waals surface area (Å²) in [7, 11) is 1.25. The summed E-state index contributed by atoms with van der Waals surface area (Å²) in [6, 6.07) is 8.55. The minimum Gasteiger partial charge on any atom is -0.465 e. The van der Waals surface area contributed by atoms with Crippen LogP contribution in [0.1, 0.15) is 39.7 Å². The Kier molecular flexibility index (Phi) is 9.14. The number of alkyl carbamates (subject to hydrolysis) is 1. The van der Waals surface area contributed by atoms with Gasteiger partial charge in [0.05, 0.1) is 26.1 Å². The lowest BCUT2D eigenvalue weighted by Crippen LogP contribution is -2.42. The summed E-state index contributed by atoms with van der Waals surface area (Å²) in [5, 5.41) is 2.59. The molecule has 154 valence electrons. The van der Waals surface area contributed by atoms with E-state index in [9.17, 15) is 14.4 Å². The Morgan fingerprint density at radius 3 is 2.36 bits per heavy atom. The van der Waals surface area contributed by atoms with Gasteiger partial charge in [-0.25, -0.2) is 9.59 Å². The van der Waals surface area contributed by atoms with Gasteiger partial charge < -0.3 is 19.5 Å². The second-order valence-electron chi connectivity index (χ2n) is 7.11. The van der Waals surface area contributed by atoms with E-state index in [4.69, 9.17) is 9.47 Å². The lowest BCUT2D eigenvalue weighted by Gasteiger charge is -2.22. The van der Waals surface area contributed by atoms with Crippen LogP contribution in [0.15, 0.2) is 35.3 Å². The number of benzene rings is 1. The van der Waals surface area contributed by atoms with Crippen molar-refractivity contribution in [3.05, 3.63) is 35.9 Å². The van der Waals surface area contributed by atoms with Gasteiger partial charge in [-0.1, -0.05) is 30.3 Å². The maximum absolute atomic E-state index is 12.2. The third kappa shape index (κ3) is 9.70. The van der Waals surface area contributed by atoms with Crippen LogP contribution in [0.5, 0.6) is 0 Å². The fourth-order valence-corrected chi connectivity index (χ4v) is 2.09. The molecule has 0 fully saturated rings. The zero-order valence-electron chi connectivity index (χ0n) is 17.0. The zero-order valence-corrected chi connectivity index (χ0v) is 17.0. The molecule has 1 atom stereocenters. The van der Waals surface area contributed by atoms with E-state index in [0.717, 1.165) is 5.56 Å². The van der Waals surface area contributed by atoms with Gasteiger partial charge in [-0.3, -0.25) is 9.79 Å². The molecule has 0 spiro atoms. The molecule has 1 rings (SSSR count). The highest BCUT2D eigenvalue weighted by Gasteiger charge is 2.22. The van der Waals surface area contributed by atoms with E-state index in [1.54, 1.807) is 20.8 Å². The largest absolute Gasteiger partial charge is 0.465 e. The minimum atomic E-state index is -0.697. The molecule has 0 radical (unpaired) electrons. The summed E-state index contributed by atoms with van der Waals surface area (Å²) in [6.07, 6.45) is -0.802. The Labute approximate surface area is 165 Å². The van der Waals surface area contributed by atoms with Crippen molar-refractivity contribution >= 4 is 23.7 Å². The van der Waals surface area contributed by atoms with Crippen LogP contribution >= 0.6 is 0 Å². The molecule has 0 aromatic heterocycles. The van der Waals surface area contributed by atoms with Crippen LogP contribution in [-0.2, 0) is 30.4 Å². The predicted molar refractivity (Wildman–Crippen MR) is 104 cm³/mol. The maximum Gasteiger partial charge on any atom is 0.407 e. The SMILES string of the molecule is COC(=O)C(C)=NCC(CC(=O)OCc1ccccc1)NC(=O)OC(C)(C)C. The highest BCUT2D eigenvalue weighted by molar-refractivity contribution is 6.35. The third-order valence-electron chi connectivity index (χ3n) is 3.41. The lowest BCUT2D eigenvalue weighted by molar-refractivity contribution is -0.145. The molecule has 1 aromatic rings. The first-order chi connectivity index (χ1) is 13.1. The standard InChI is InChI=1S/C20H28N2O6/c1-14(18(24)26-5)21-12-16(22-19(25)28-20(2,3)4)11-17(23)27-13-15-9-7-6-8-10-15/h6-10,16H,11-13H2,1-5H3,(H,22,25). The number of amides is 1. The molecule has 8 nitrogen and oxygen atoms in total. The number of aliphatic imine (C=N–C) groups is 1. The van der Waals surface area contributed by atoms with Crippen LogP contribution in [0.2, 0.25) is 0 Å². The first kappa shape index (κ1) is 23.1. The molecule has 1 amide bonds. The van der Waals surface area contributed by atoms with E-state index in [1.165, 1.54) is 14.0 Å². The van der Waals surface area contributed by atoms with Crippen molar-refractivity contribution in [2.24, 2.45) is 4.99 Å². The van der Waals surface area contributed by atoms with Gasteiger partial charge in [-0.15, -0.1) is 0 Å². The van der Waals surface area contributed by atoms with Crippen molar-refractivity contribution in [1.82, 2.24) is 5.32 Å². The van der Waals surface area contributed by atoms with E-state index in [0.29, 0.717) is 0 Å². The van der Waals surface area contributed by atoms with E-state index in [2.05, 4.69) is 15.0 Å². The van der Waals surface area contributed by atoms with Gasteiger partial charge in [0.25, 0.3) is 0 Å². The van der Waals surface area contributed by atoms with E-state index >= 15 is 0 Å². The van der Waals surface area contributed by atoms with Crippen molar-refractivity contribution in [1.29, 1.82) is 0 Å².